The van der Waals surface area contributed by atoms with Crippen molar-refractivity contribution in [2.45, 2.75) is 32.1 Å². The second-order valence-corrected chi connectivity index (χ2v) is 6.43. The van der Waals surface area contributed by atoms with Gasteiger partial charge in [0.2, 0.25) is 0 Å². The number of rotatable bonds is 4. The summed E-state index contributed by atoms with van der Waals surface area (Å²) in [6.45, 7) is 1.86. The molecule has 1 fully saturated rings. The number of carbonyl (C=O) groups excluding carboxylic acids is 1. The summed E-state index contributed by atoms with van der Waals surface area (Å²) in [7, 11) is 0. The number of aryl methyl sites for hydroxylation is 1. The monoisotopic (exact) mass is 316 g/mol. The molecule has 0 spiro atoms. The van der Waals surface area contributed by atoms with Crippen LogP contribution < -0.4 is 5.32 Å². The quantitative estimate of drug-likeness (QED) is 0.902. The Hall–Kier alpha value is -2.21. The van der Waals surface area contributed by atoms with Crippen LogP contribution in [-0.2, 0) is 0 Å². The summed E-state index contributed by atoms with van der Waals surface area (Å²) < 4.78 is 0. The molecule has 0 radical (unpaired) electrons. The second-order valence-electron chi connectivity index (χ2n) is 5.44. The van der Waals surface area contributed by atoms with Gasteiger partial charge in [0.25, 0.3) is 5.91 Å². The van der Waals surface area contributed by atoms with Crippen LogP contribution in [0.5, 0.6) is 0 Å². The molecule has 5 nitrogen and oxygen atoms in total. The lowest BCUT2D eigenvalue weighted by molar-refractivity contribution is 0.0699. The predicted octanol–water partition coefficient (Wildman–Crippen LogP) is 3.67. The van der Waals surface area contributed by atoms with E-state index in [1.165, 1.54) is 0 Å². The van der Waals surface area contributed by atoms with E-state index in [9.17, 15) is 14.7 Å². The molecule has 22 heavy (non-hydrogen) atoms. The smallest absolute Gasteiger partial charge is 0.347 e. The van der Waals surface area contributed by atoms with Crippen molar-refractivity contribution >= 4 is 28.3 Å². The van der Waals surface area contributed by atoms with Gasteiger partial charge >= 0.3 is 5.97 Å². The number of amides is 1. The number of carboxylic acid groups (broad SMARTS) is 1. The molecule has 1 amide bonds. The molecule has 0 unspecified atom stereocenters. The van der Waals surface area contributed by atoms with Crippen LogP contribution in [0.4, 0.5) is 5.13 Å². The number of nitrogens with zero attached hydrogens (tertiary/aromatic N) is 1. The summed E-state index contributed by atoms with van der Waals surface area (Å²) in [5.74, 6) is -1.02. The summed E-state index contributed by atoms with van der Waals surface area (Å²) in [4.78, 5) is 28.2. The van der Waals surface area contributed by atoms with Crippen molar-refractivity contribution in [3.05, 3.63) is 46.0 Å². The van der Waals surface area contributed by atoms with Crippen LogP contribution in [0.1, 0.15) is 56.5 Å². The molecule has 6 heteroatoms. The normalized spacial score (nSPS) is 14.4. The number of nitrogens with one attached hydrogen (secondary N) is 1. The molecule has 2 N–H and O–H groups in total. The number of benzene rings is 1. The maximum Gasteiger partial charge on any atom is 0.347 e. The van der Waals surface area contributed by atoms with Gasteiger partial charge in [-0.2, -0.15) is 0 Å². The first-order valence-corrected chi connectivity index (χ1v) is 7.99. The van der Waals surface area contributed by atoms with E-state index in [0.29, 0.717) is 16.4 Å². The molecule has 0 bridgehead atoms. The Morgan fingerprint density at radius 1 is 1.32 bits per heavy atom. The minimum atomic E-state index is -0.976. The van der Waals surface area contributed by atoms with E-state index in [2.05, 4.69) is 10.3 Å². The second kappa shape index (κ2) is 5.88. The Morgan fingerprint density at radius 3 is 2.64 bits per heavy atom. The zero-order valence-electron chi connectivity index (χ0n) is 12.1. The van der Waals surface area contributed by atoms with Crippen molar-refractivity contribution < 1.29 is 14.7 Å². The van der Waals surface area contributed by atoms with Gasteiger partial charge in [0.15, 0.2) is 5.13 Å². The third kappa shape index (κ3) is 2.74. The summed E-state index contributed by atoms with van der Waals surface area (Å²) in [6.07, 6.45) is 3.04. The average Bonchev–Trinajstić information content (AvgIpc) is 2.80. The largest absolute Gasteiger partial charge is 0.477 e. The molecular weight excluding hydrogens is 300 g/mol. The van der Waals surface area contributed by atoms with E-state index in [-0.39, 0.29) is 16.7 Å². The minimum absolute atomic E-state index is 0.214. The van der Waals surface area contributed by atoms with Crippen LogP contribution in [0.15, 0.2) is 24.3 Å². The first-order valence-electron chi connectivity index (χ1n) is 7.17. The summed E-state index contributed by atoms with van der Waals surface area (Å²) in [5, 5.41) is 12.4. The van der Waals surface area contributed by atoms with Crippen molar-refractivity contribution in [1.82, 2.24) is 4.98 Å². The zero-order chi connectivity index (χ0) is 15.7. The first-order chi connectivity index (χ1) is 10.6. The molecule has 0 atom stereocenters. The van der Waals surface area contributed by atoms with Crippen molar-refractivity contribution in [2.24, 2.45) is 0 Å². The topological polar surface area (TPSA) is 79.3 Å². The van der Waals surface area contributed by atoms with Gasteiger partial charge in [0, 0.05) is 11.5 Å². The van der Waals surface area contributed by atoms with Gasteiger partial charge in [-0.05, 0) is 31.4 Å². The lowest BCUT2D eigenvalue weighted by Gasteiger charge is -2.23. The van der Waals surface area contributed by atoms with E-state index >= 15 is 0 Å². The highest BCUT2D eigenvalue weighted by molar-refractivity contribution is 7.17. The standard InChI is InChI=1S/C16H16N2O3S/c1-9-5-2-3-8-11(9)14(19)18-16-17-12(10-6-4-7-10)13(22-16)15(20)21/h2-3,5,8,10H,4,6-7H2,1H3,(H,20,21)(H,17,18,19). The molecule has 1 aliphatic carbocycles. The van der Waals surface area contributed by atoms with Crippen molar-refractivity contribution in [3.8, 4) is 0 Å². The van der Waals surface area contributed by atoms with Crippen molar-refractivity contribution in [1.29, 1.82) is 0 Å². The number of aromatic nitrogens is 1. The van der Waals surface area contributed by atoms with Crippen molar-refractivity contribution in [3.63, 3.8) is 0 Å². The molecule has 0 saturated heterocycles. The van der Waals surface area contributed by atoms with Crippen LogP contribution in [0.25, 0.3) is 0 Å². The number of carbonyl (C=O) groups is 2. The fourth-order valence-corrected chi connectivity index (χ4v) is 3.37. The van der Waals surface area contributed by atoms with E-state index < -0.39 is 5.97 Å². The molecular formula is C16H16N2O3S. The lowest BCUT2D eigenvalue weighted by Crippen LogP contribution is -2.14. The molecule has 1 saturated carbocycles. The molecule has 114 valence electrons. The first kappa shape index (κ1) is 14.7. The van der Waals surface area contributed by atoms with E-state index in [0.717, 1.165) is 36.2 Å². The van der Waals surface area contributed by atoms with Gasteiger partial charge < -0.3 is 5.11 Å². The van der Waals surface area contributed by atoms with Crippen LogP contribution >= 0.6 is 11.3 Å². The number of carboxylic acids is 1. The highest BCUT2D eigenvalue weighted by Gasteiger charge is 2.29. The molecule has 1 aliphatic rings. The third-order valence-electron chi connectivity index (χ3n) is 3.95. The van der Waals surface area contributed by atoms with Gasteiger partial charge in [-0.3, -0.25) is 10.1 Å². The van der Waals surface area contributed by atoms with Gasteiger partial charge in [0.05, 0.1) is 5.69 Å². The summed E-state index contributed by atoms with van der Waals surface area (Å²) in [5.41, 5.74) is 2.05. The number of hydrogen-bond acceptors (Lipinski definition) is 4. The molecule has 1 heterocycles. The molecule has 1 aromatic heterocycles. The van der Waals surface area contributed by atoms with E-state index in [1.54, 1.807) is 12.1 Å². The molecule has 1 aromatic carbocycles. The summed E-state index contributed by atoms with van der Waals surface area (Å²) in [6, 6.07) is 7.27. The fourth-order valence-electron chi connectivity index (χ4n) is 2.49. The maximum atomic E-state index is 12.3. The predicted molar refractivity (Wildman–Crippen MR) is 84.8 cm³/mol. The minimum Gasteiger partial charge on any atom is -0.477 e. The Kier molecular flexibility index (Phi) is 3.94. The average molecular weight is 316 g/mol. The van der Waals surface area contributed by atoms with Crippen LogP contribution in [-0.4, -0.2) is 22.0 Å². The molecule has 0 aliphatic heterocycles. The Bertz CT molecular complexity index is 735. The molecule has 2 aromatic rings. The number of aromatic carboxylic acids is 1. The zero-order valence-corrected chi connectivity index (χ0v) is 12.9. The van der Waals surface area contributed by atoms with Gasteiger partial charge in [-0.25, -0.2) is 9.78 Å². The van der Waals surface area contributed by atoms with Gasteiger partial charge in [0.1, 0.15) is 4.88 Å². The van der Waals surface area contributed by atoms with Crippen LogP contribution in [0.3, 0.4) is 0 Å². The van der Waals surface area contributed by atoms with Crippen LogP contribution in [0, 0.1) is 6.92 Å². The van der Waals surface area contributed by atoms with Gasteiger partial charge in [-0.1, -0.05) is 36.0 Å². The van der Waals surface area contributed by atoms with E-state index in [4.69, 9.17) is 0 Å². The number of hydrogen-bond donors (Lipinski definition) is 2. The number of thiazole rings is 1. The third-order valence-corrected chi connectivity index (χ3v) is 4.92. The lowest BCUT2D eigenvalue weighted by atomic mass is 9.82. The Labute approximate surface area is 132 Å². The Morgan fingerprint density at radius 2 is 2.05 bits per heavy atom. The summed E-state index contributed by atoms with van der Waals surface area (Å²) >= 11 is 1.03. The SMILES string of the molecule is Cc1ccccc1C(=O)Nc1nc(C2CCC2)c(C(=O)O)s1. The maximum absolute atomic E-state index is 12.3. The molecule has 3 rings (SSSR count). The highest BCUT2D eigenvalue weighted by Crippen LogP contribution is 2.40. The fraction of sp³-hybridized carbons (Fsp3) is 0.312. The van der Waals surface area contributed by atoms with Gasteiger partial charge in [-0.15, -0.1) is 0 Å². The van der Waals surface area contributed by atoms with Crippen LogP contribution in [0.2, 0.25) is 0 Å². The number of anilines is 1. The highest BCUT2D eigenvalue weighted by atomic mass is 32.1. The van der Waals surface area contributed by atoms with Crippen molar-refractivity contribution in [2.75, 3.05) is 5.32 Å². The van der Waals surface area contributed by atoms with E-state index in [1.807, 2.05) is 19.1 Å². The Balaban J connectivity index is 1.85.